The first-order chi connectivity index (χ1) is 5.95. The molecule has 74 valence electrons. The van der Waals surface area contributed by atoms with Crippen molar-refractivity contribution in [2.45, 2.75) is 26.4 Å². The normalized spacial score (nSPS) is 10.2. The van der Waals surface area contributed by atoms with Gasteiger partial charge in [0.15, 0.2) is 0 Å². The Balaban J connectivity index is 0.000000226. The molecule has 0 bridgehead atoms. The molecule has 0 aliphatic carbocycles. The van der Waals surface area contributed by atoms with E-state index in [9.17, 15) is 0 Å². The minimum absolute atomic E-state index is 0.0417. The van der Waals surface area contributed by atoms with E-state index in [0.29, 0.717) is 0 Å². The molecule has 0 spiro atoms. The van der Waals surface area contributed by atoms with Gasteiger partial charge in [-0.2, -0.15) is 0 Å². The van der Waals surface area contributed by atoms with Crippen LogP contribution in [0.15, 0.2) is 30.3 Å². The van der Waals surface area contributed by atoms with Gasteiger partial charge in [0.05, 0.1) is 5.60 Å². The molecule has 2 heteroatoms. The van der Waals surface area contributed by atoms with E-state index in [1.165, 1.54) is 0 Å². The van der Waals surface area contributed by atoms with E-state index >= 15 is 0 Å². The summed E-state index contributed by atoms with van der Waals surface area (Å²) in [6.45, 7) is 6.06. The summed E-state index contributed by atoms with van der Waals surface area (Å²) in [4.78, 5) is 0. The van der Waals surface area contributed by atoms with Gasteiger partial charge in [0.25, 0.3) is 0 Å². The Morgan fingerprint density at radius 1 is 1.08 bits per heavy atom. The quantitative estimate of drug-likeness (QED) is 0.620. The molecule has 0 aliphatic rings. The van der Waals surface area contributed by atoms with E-state index in [1.807, 2.05) is 51.1 Å². The van der Waals surface area contributed by atoms with E-state index in [0.717, 1.165) is 5.02 Å². The van der Waals surface area contributed by atoms with Crippen LogP contribution in [0.4, 0.5) is 0 Å². The summed E-state index contributed by atoms with van der Waals surface area (Å²) in [5.41, 5.74) is 0.0417. The lowest BCUT2D eigenvalue weighted by molar-refractivity contribution is 0.0397. The third kappa shape index (κ3) is 9.38. The van der Waals surface area contributed by atoms with Crippen LogP contribution in [0, 0.1) is 0 Å². The molecule has 0 heterocycles. The summed E-state index contributed by atoms with van der Waals surface area (Å²) < 4.78 is 4.94. The van der Waals surface area contributed by atoms with Crippen molar-refractivity contribution in [3.05, 3.63) is 35.4 Å². The van der Waals surface area contributed by atoms with Gasteiger partial charge in [0, 0.05) is 12.1 Å². The fraction of sp³-hybridized carbons (Fsp3) is 0.455. The number of rotatable bonds is 0. The molecule has 0 N–H and O–H groups in total. The maximum absolute atomic E-state index is 5.54. The number of hydrogen-bond donors (Lipinski definition) is 0. The fourth-order valence-corrected chi connectivity index (χ4v) is 0.560. The summed E-state index contributed by atoms with van der Waals surface area (Å²) in [6.07, 6.45) is 0. The molecular weight excluding hydrogens is 184 g/mol. The molecule has 0 atom stereocenters. The van der Waals surface area contributed by atoms with Gasteiger partial charge in [-0.15, -0.1) is 0 Å². The highest BCUT2D eigenvalue weighted by Crippen LogP contribution is 2.03. The average molecular weight is 201 g/mol. The van der Waals surface area contributed by atoms with Crippen molar-refractivity contribution in [2.24, 2.45) is 0 Å². The van der Waals surface area contributed by atoms with Gasteiger partial charge in [-0.25, -0.2) is 0 Å². The zero-order chi connectivity index (χ0) is 10.3. The highest BCUT2D eigenvalue weighted by molar-refractivity contribution is 6.30. The van der Waals surface area contributed by atoms with Gasteiger partial charge in [-0.3, -0.25) is 0 Å². The summed E-state index contributed by atoms with van der Waals surface area (Å²) >= 11 is 5.54. The molecule has 0 aliphatic heterocycles. The Bertz CT molecular complexity index is 213. The second-order valence-corrected chi connectivity index (χ2v) is 4.05. The third-order valence-electron chi connectivity index (χ3n) is 1.35. The first kappa shape index (κ1) is 12.5. The molecule has 0 aromatic heterocycles. The molecule has 0 saturated heterocycles. The maximum Gasteiger partial charge on any atom is 0.0594 e. The van der Waals surface area contributed by atoms with Crippen molar-refractivity contribution < 1.29 is 4.74 Å². The maximum atomic E-state index is 5.54. The van der Waals surface area contributed by atoms with E-state index in [1.54, 1.807) is 7.11 Å². The van der Waals surface area contributed by atoms with Gasteiger partial charge < -0.3 is 4.74 Å². The van der Waals surface area contributed by atoms with Crippen LogP contribution in [-0.2, 0) is 4.74 Å². The molecule has 13 heavy (non-hydrogen) atoms. The second-order valence-electron chi connectivity index (χ2n) is 3.61. The van der Waals surface area contributed by atoms with Gasteiger partial charge in [0.2, 0.25) is 0 Å². The van der Waals surface area contributed by atoms with Crippen LogP contribution in [0.2, 0.25) is 5.02 Å². The van der Waals surface area contributed by atoms with E-state index < -0.39 is 0 Å². The summed E-state index contributed by atoms with van der Waals surface area (Å²) in [5, 5.41) is 0.794. The monoisotopic (exact) mass is 200 g/mol. The highest BCUT2D eigenvalue weighted by atomic mass is 35.5. The molecule has 1 aromatic rings. The van der Waals surface area contributed by atoms with E-state index in [4.69, 9.17) is 16.3 Å². The third-order valence-corrected chi connectivity index (χ3v) is 1.60. The van der Waals surface area contributed by atoms with E-state index in [-0.39, 0.29) is 5.60 Å². The average Bonchev–Trinajstić information content (AvgIpc) is 2.06. The molecule has 1 nitrogen and oxygen atoms in total. The van der Waals surface area contributed by atoms with Crippen LogP contribution >= 0.6 is 11.6 Å². The number of methoxy groups -OCH3 is 1. The number of benzene rings is 1. The summed E-state index contributed by atoms with van der Waals surface area (Å²) in [7, 11) is 1.71. The van der Waals surface area contributed by atoms with Crippen molar-refractivity contribution in [3.63, 3.8) is 0 Å². The molecule has 0 radical (unpaired) electrons. The van der Waals surface area contributed by atoms with Crippen molar-refractivity contribution in [2.75, 3.05) is 7.11 Å². The van der Waals surface area contributed by atoms with Crippen LogP contribution < -0.4 is 0 Å². The van der Waals surface area contributed by atoms with Crippen LogP contribution in [0.5, 0.6) is 0 Å². The SMILES string of the molecule is COC(C)(C)C.Clc1ccccc1. The first-order valence-corrected chi connectivity index (χ1v) is 4.59. The Morgan fingerprint density at radius 2 is 1.46 bits per heavy atom. The van der Waals surface area contributed by atoms with Crippen molar-refractivity contribution in [1.82, 2.24) is 0 Å². The zero-order valence-electron chi connectivity index (χ0n) is 8.67. The largest absolute Gasteiger partial charge is 0.379 e. The molecular formula is C11H17ClO. The van der Waals surface area contributed by atoms with Gasteiger partial charge in [-0.05, 0) is 32.9 Å². The lowest BCUT2D eigenvalue weighted by Gasteiger charge is -2.14. The van der Waals surface area contributed by atoms with Crippen molar-refractivity contribution in [3.8, 4) is 0 Å². The Hall–Kier alpha value is -0.530. The smallest absolute Gasteiger partial charge is 0.0594 e. The van der Waals surface area contributed by atoms with Crippen molar-refractivity contribution in [1.29, 1.82) is 0 Å². The predicted octanol–water partition coefficient (Wildman–Crippen LogP) is 3.77. The molecule has 1 aromatic carbocycles. The first-order valence-electron chi connectivity index (χ1n) is 4.21. The van der Waals surface area contributed by atoms with Crippen molar-refractivity contribution >= 4 is 11.6 Å². The number of ether oxygens (including phenoxy) is 1. The Labute approximate surface area is 85.7 Å². The van der Waals surface area contributed by atoms with E-state index in [2.05, 4.69) is 0 Å². The highest BCUT2D eigenvalue weighted by Gasteiger charge is 2.03. The molecule has 0 unspecified atom stereocenters. The summed E-state index contributed by atoms with van der Waals surface area (Å²) in [5.74, 6) is 0. The van der Waals surface area contributed by atoms with Crippen LogP contribution in [0.25, 0.3) is 0 Å². The molecule has 0 amide bonds. The van der Waals surface area contributed by atoms with Crippen LogP contribution in [0.1, 0.15) is 20.8 Å². The molecule has 0 saturated carbocycles. The van der Waals surface area contributed by atoms with Gasteiger partial charge >= 0.3 is 0 Å². The minimum Gasteiger partial charge on any atom is -0.379 e. The standard InChI is InChI=1S/C6H5Cl.C5H12O/c7-6-4-2-1-3-5-6;1-5(2,3)6-4/h1-5H;1-4H3. The lowest BCUT2D eigenvalue weighted by atomic mass is 10.2. The van der Waals surface area contributed by atoms with Crippen LogP contribution in [0.3, 0.4) is 0 Å². The number of hydrogen-bond acceptors (Lipinski definition) is 1. The minimum atomic E-state index is 0.0417. The Kier molecular flexibility index (Phi) is 5.76. The lowest BCUT2D eigenvalue weighted by Crippen LogP contribution is -2.15. The number of halogens is 1. The molecule has 1 rings (SSSR count). The fourth-order valence-electron chi connectivity index (χ4n) is 0.415. The van der Waals surface area contributed by atoms with Crippen LogP contribution in [-0.4, -0.2) is 12.7 Å². The Morgan fingerprint density at radius 3 is 1.62 bits per heavy atom. The topological polar surface area (TPSA) is 9.23 Å². The van der Waals surface area contributed by atoms with Gasteiger partial charge in [0.1, 0.15) is 0 Å². The molecule has 0 fully saturated rings. The van der Waals surface area contributed by atoms with Gasteiger partial charge in [-0.1, -0.05) is 29.8 Å². The predicted molar refractivity (Wildman–Crippen MR) is 58.2 cm³/mol. The zero-order valence-corrected chi connectivity index (χ0v) is 9.43. The summed E-state index contributed by atoms with van der Waals surface area (Å²) in [6, 6.07) is 9.44. The second kappa shape index (κ2) is 6.01.